The molecule has 0 radical (unpaired) electrons. The van der Waals surface area contributed by atoms with E-state index < -0.39 is 19.2 Å². The molecule has 2 aliphatic rings. The van der Waals surface area contributed by atoms with Crippen LogP contribution in [0.4, 0.5) is 0 Å². The third kappa shape index (κ3) is 4.53. The molecule has 0 amide bonds. The maximum absolute atomic E-state index is 12.9. The third-order valence-electron chi connectivity index (χ3n) is 5.84. The Morgan fingerprint density at radius 3 is 1.20 bits per heavy atom. The number of carbonyl (C=O) groups is 2. The molecule has 2 saturated carbocycles. The molecule has 0 atom stereocenters. The molecule has 0 heterocycles. The summed E-state index contributed by atoms with van der Waals surface area (Å²) in [6.07, 6.45) is 8.00. The molecule has 0 bridgehead atoms. The Hall–Kier alpha value is -0.261. The van der Waals surface area contributed by atoms with Crippen LogP contribution >= 0.6 is 0 Å². The van der Waals surface area contributed by atoms with E-state index in [0.29, 0.717) is 0 Å². The third-order valence-corrected chi connectivity index (χ3v) is 19.9. The van der Waals surface area contributed by atoms with Gasteiger partial charge in [-0.15, -0.1) is 0 Å². The number of hydrogen-bond donors (Lipinski definition) is 0. The van der Waals surface area contributed by atoms with E-state index in [2.05, 4.69) is 41.5 Å². The molecule has 2 fully saturated rings. The molecule has 5 heteroatoms. The Kier molecular flexibility index (Phi) is 6.54. The summed E-state index contributed by atoms with van der Waals surface area (Å²) in [5.41, 5.74) is 0. The fourth-order valence-corrected chi connectivity index (χ4v) is 17.1. The standard InChI is InChI=1S/2C6H10O2.2C4H9.Sn/c2*7-6(8)5-3-1-2-4-5;2*1-4(2)3;/h2*5H,1-4H2,(H,7,8);2*1-3H3;/q;;;;+2/p-2. The van der Waals surface area contributed by atoms with Gasteiger partial charge in [0.1, 0.15) is 0 Å². The van der Waals surface area contributed by atoms with Gasteiger partial charge in [0.2, 0.25) is 0 Å². The van der Waals surface area contributed by atoms with E-state index in [0.717, 1.165) is 51.4 Å². The first-order valence-corrected chi connectivity index (χ1v) is 15.1. The van der Waals surface area contributed by atoms with Gasteiger partial charge in [0, 0.05) is 0 Å². The van der Waals surface area contributed by atoms with Crippen LogP contribution in [-0.2, 0) is 15.7 Å². The van der Waals surface area contributed by atoms with Crippen molar-refractivity contribution in [1.82, 2.24) is 0 Å². The fraction of sp³-hybridized carbons (Fsp3) is 0.900. The van der Waals surface area contributed by atoms with Gasteiger partial charge in [-0.3, -0.25) is 0 Å². The van der Waals surface area contributed by atoms with E-state index in [4.69, 9.17) is 6.15 Å². The summed E-state index contributed by atoms with van der Waals surface area (Å²) < 4.78 is 12.0. The normalized spacial score (nSPS) is 20.7. The molecule has 0 unspecified atom stereocenters. The molecule has 0 aromatic rings. The number of carbonyl (C=O) groups excluding carboxylic acids is 2. The average Bonchev–Trinajstić information content (AvgIpc) is 3.16. The van der Waals surface area contributed by atoms with Gasteiger partial charge in [0.25, 0.3) is 0 Å². The van der Waals surface area contributed by atoms with Crippen LogP contribution in [0.2, 0.25) is 6.86 Å². The van der Waals surface area contributed by atoms with Crippen molar-refractivity contribution in [1.29, 1.82) is 0 Å². The molecule has 0 aliphatic heterocycles. The minimum absolute atomic E-state index is 0.00837. The predicted molar refractivity (Wildman–Crippen MR) is 101 cm³/mol. The van der Waals surface area contributed by atoms with Crippen LogP contribution in [0.3, 0.4) is 0 Å². The molecule has 2 aliphatic carbocycles. The van der Waals surface area contributed by atoms with Gasteiger partial charge in [-0.2, -0.15) is 0 Å². The Morgan fingerprint density at radius 2 is 0.960 bits per heavy atom. The van der Waals surface area contributed by atoms with Crippen molar-refractivity contribution in [3.8, 4) is 0 Å². The Bertz CT molecular complexity index is 443. The van der Waals surface area contributed by atoms with Crippen molar-refractivity contribution in [2.24, 2.45) is 11.8 Å². The summed E-state index contributed by atoms with van der Waals surface area (Å²) in [6, 6.07) is 0. The zero-order valence-electron chi connectivity index (χ0n) is 16.9. The van der Waals surface area contributed by atoms with Crippen LogP contribution < -0.4 is 0 Å². The van der Waals surface area contributed by atoms with Crippen LogP contribution in [0.5, 0.6) is 0 Å². The van der Waals surface area contributed by atoms with Gasteiger partial charge in [-0.05, 0) is 0 Å². The molecule has 4 nitrogen and oxygen atoms in total. The van der Waals surface area contributed by atoms with Gasteiger partial charge < -0.3 is 0 Å². The molecule has 0 aromatic heterocycles. The minimum atomic E-state index is -4.13. The zero-order valence-corrected chi connectivity index (χ0v) is 19.8. The van der Waals surface area contributed by atoms with Gasteiger partial charge in [-0.1, -0.05) is 0 Å². The molecule has 0 aromatic carbocycles. The SMILES string of the molecule is C[C](C)(C)[Sn]([O]C(=O)C1CCCC1)([O]C(=O)C1CCCC1)[C](C)(C)C. The summed E-state index contributed by atoms with van der Waals surface area (Å²) in [4.78, 5) is 25.8. The second kappa shape index (κ2) is 7.77. The van der Waals surface area contributed by atoms with Crippen LogP contribution in [0.15, 0.2) is 0 Å². The van der Waals surface area contributed by atoms with Crippen molar-refractivity contribution < 1.29 is 15.7 Å². The van der Waals surface area contributed by atoms with Crippen molar-refractivity contribution in [3.05, 3.63) is 0 Å². The van der Waals surface area contributed by atoms with Crippen molar-refractivity contribution in [2.45, 2.75) is 99.8 Å². The summed E-state index contributed by atoms with van der Waals surface area (Å²) in [5.74, 6) is -0.244. The van der Waals surface area contributed by atoms with Gasteiger partial charge in [-0.25, -0.2) is 0 Å². The maximum atomic E-state index is 12.9. The first-order valence-electron chi connectivity index (χ1n) is 9.94. The van der Waals surface area contributed by atoms with E-state index in [1.54, 1.807) is 0 Å². The first kappa shape index (κ1) is 21.0. The zero-order chi connectivity index (χ0) is 18.9. The van der Waals surface area contributed by atoms with Gasteiger partial charge in [0.05, 0.1) is 0 Å². The van der Waals surface area contributed by atoms with Crippen LogP contribution in [-0.4, -0.2) is 31.1 Å². The van der Waals surface area contributed by atoms with Gasteiger partial charge in [0.15, 0.2) is 0 Å². The quantitative estimate of drug-likeness (QED) is 0.522. The molecule has 25 heavy (non-hydrogen) atoms. The van der Waals surface area contributed by atoms with E-state index in [1.807, 2.05) is 0 Å². The average molecular weight is 459 g/mol. The van der Waals surface area contributed by atoms with Crippen molar-refractivity contribution in [3.63, 3.8) is 0 Å². The summed E-state index contributed by atoms with van der Waals surface area (Å²) in [7, 11) is 0. The number of hydrogen-bond acceptors (Lipinski definition) is 4. The monoisotopic (exact) mass is 460 g/mol. The van der Waals surface area contributed by atoms with E-state index in [1.165, 1.54) is 0 Å². The molecule has 144 valence electrons. The Labute approximate surface area is 158 Å². The summed E-state index contributed by atoms with van der Waals surface area (Å²) in [6.45, 7) is 12.5. The predicted octanol–water partition coefficient (Wildman–Crippen LogP) is 5.50. The van der Waals surface area contributed by atoms with Crippen molar-refractivity contribution in [2.75, 3.05) is 0 Å². The summed E-state index contributed by atoms with van der Waals surface area (Å²) in [5, 5.41) is 0. The van der Waals surface area contributed by atoms with E-state index in [-0.39, 0.29) is 30.6 Å². The number of rotatable bonds is 4. The molecule has 0 saturated heterocycles. The first-order chi connectivity index (χ1) is 11.5. The fourth-order valence-electron chi connectivity index (χ4n) is 4.53. The molecule has 0 spiro atoms. The molecule has 0 N–H and O–H groups in total. The van der Waals surface area contributed by atoms with Crippen LogP contribution in [0, 0.1) is 11.8 Å². The van der Waals surface area contributed by atoms with Crippen molar-refractivity contribution >= 4 is 31.1 Å². The van der Waals surface area contributed by atoms with Crippen LogP contribution in [0.25, 0.3) is 0 Å². The molecular weight excluding hydrogens is 423 g/mol. The second-order valence-corrected chi connectivity index (χ2v) is 23.2. The van der Waals surface area contributed by atoms with Gasteiger partial charge >= 0.3 is 158 Å². The second-order valence-electron chi connectivity index (χ2n) is 9.92. The molecular formula is C20H36O4Sn. The van der Waals surface area contributed by atoms with E-state index >= 15 is 0 Å². The summed E-state index contributed by atoms with van der Waals surface area (Å²) >= 11 is -4.13. The van der Waals surface area contributed by atoms with Crippen LogP contribution in [0.1, 0.15) is 92.9 Å². The topological polar surface area (TPSA) is 52.6 Å². The Morgan fingerprint density at radius 1 is 0.680 bits per heavy atom. The Balaban J connectivity index is 2.30. The van der Waals surface area contributed by atoms with E-state index in [9.17, 15) is 9.59 Å². The molecule has 2 rings (SSSR count).